The van der Waals surface area contributed by atoms with Gasteiger partial charge < -0.3 is 15.5 Å². The maximum Gasteiger partial charge on any atom is 0.163 e. The number of aliphatic hydroxyl groups excluding tert-OH is 1. The number of hydrogen-bond acceptors (Lipinski definition) is 4. The first-order valence-electron chi connectivity index (χ1n) is 7.93. The molecule has 1 aliphatic rings. The van der Waals surface area contributed by atoms with Gasteiger partial charge in [-0.05, 0) is 43.0 Å². The van der Waals surface area contributed by atoms with Crippen LogP contribution in [0.25, 0.3) is 0 Å². The summed E-state index contributed by atoms with van der Waals surface area (Å²) in [4.78, 5) is 11.6. The largest absolute Gasteiger partial charge is 0.507 e. The fourth-order valence-corrected chi connectivity index (χ4v) is 3.66. The Morgan fingerprint density at radius 3 is 2.79 bits per heavy atom. The number of benzene rings is 2. The summed E-state index contributed by atoms with van der Waals surface area (Å²) in [6.45, 7) is 1.66. The van der Waals surface area contributed by atoms with E-state index in [4.69, 9.17) is 11.6 Å². The van der Waals surface area contributed by atoms with Crippen LogP contribution in [0.5, 0.6) is 5.75 Å². The summed E-state index contributed by atoms with van der Waals surface area (Å²) in [7, 11) is 0. The summed E-state index contributed by atoms with van der Waals surface area (Å²) in [5.74, 6) is -0.293. The number of aryl methyl sites for hydroxylation is 1. The third kappa shape index (κ3) is 2.93. The van der Waals surface area contributed by atoms with Gasteiger partial charge in [0.25, 0.3) is 0 Å². The Labute approximate surface area is 146 Å². The van der Waals surface area contributed by atoms with Gasteiger partial charge in [-0.25, -0.2) is 0 Å². The lowest BCUT2D eigenvalue weighted by atomic mass is 9.92. The highest BCUT2D eigenvalue weighted by Gasteiger charge is 2.37. The molecule has 0 bridgehead atoms. The van der Waals surface area contributed by atoms with E-state index in [2.05, 4.69) is 11.4 Å². The van der Waals surface area contributed by atoms with E-state index in [0.717, 1.165) is 18.4 Å². The standard InChI is InChI=1S/C19H20ClNO3/c1-12(23)16-9-15(20)8-14(18(16)24)10-21-19(11-22)7-6-13-4-2-3-5-17(13)19/h2-5,8-9,21-22,24H,6-7,10-11H2,1H3. The van der Waals surface area contributed by atoms with Crippen LogP contribution < -0.4 is 5.32 Å². The van der Waals surface area contributed by atoms with Gasteiger partial charge in [-0.2, -0.15) is 0 Å². The van der Waals surface area contributed by atoms with Crippen molar-refractivity contribution in [2.75, 3.05) is 6.61 Å². The van der Waals surface area contributed by atoms with E-state index in [9.17, 15) is 15.0 Å². The summed E-state index contributed by atoms with van der Waals surface area (Å²) < 4.78 is 0. The number of carbonyl (C=O) groups excluding carboxylic acids is 1. The average molecular weight is 346 g/mol. The lowest BCUT2D eigenvalue weighted by molar-refractivity contribution is 0.101. The topological polar surface area (TPSA) is 69.6 Å². The molecule has 24 heavy (non-hydrogen) atoms. The second kappa shape index (κ2) is 6.55. The highest BCUT2D eigenvalue weighted by Crippen LogP contribution is 2.37. The first-order valence-corrected chi connectivity index (χ1v) is 8.31. The number of carbonyl (C=O) groups is 1. The monoisotopic (exact) mass is 345 g/mol. The third-order valence-corrected chi connectivity index (χ3v) is 4.99. The molecule has 0 fully saturated rings. The number of rotatable bonds is 5. The minimum absolute atomic E-state index is 0.0368. The lowest BCUT2D eigenvalue weighted by Gasteiger charge is -2.30. The molecule has 1 unspecified atom stereocenters. The second-order valence-corrected chi connectivity index (χ2v) is 6.70. The molecule has 0 amide bonds. The first-order chi connectivity index (χ1) is 11.5. The molecule has 0 spiro atoms. The Morgan fingerprint density at radius 2 is 2.08 bits per heavy atom. The van der Waals surface area contributed by atoms with Crippen molar-refractivity contribution in [1.82, 2.24) is 5.32 Å². The highest BCUT2D eigenvalue weighted by molar-refractivity contribution is 6.31. The van der Waals surface area contributed by atoms with Crippen molar-refractivity contribution in [3.63, 3.8) is 0 Å². The van der Waals surface area contributed by atoms with Crippen LogP contribution in [-0.2, 0) is 18.5 Å². The molecular formula is C19H20ClNO3. The molecule has 0 saturated heterocycles. The minimum atomic E-state index is -0.540. The van der Waals surface area contributed by atoms with Gasteiger partial charge in [-0.15, -0.1) is 0 Å². The number of aliphatic hydroxyl groups is 1. The van der Waals surface area contributed by atoms with Crippen molar-refractivity contribution in [3.8, 4) is 5.75 Å². The molecular weight excluding hydrogens is 326 g/mol. The lowest BCUT2D eigenvalue weighted by Crippen LogP contribution is -2.43. The molecule has 0 aliphatic heterocycles. The predicted molar refractivity (Wildman–Crippen MR) is 93.5 cm³/mol. The fraction of sp³-hybridized carbons (Fsp3) is 0.316. The maximum atomic E-state index is 11.6. The molecule has 5 heteroatoms. The Balaban J connectivity index is 1.90. The SMILES string of the molecule is CC(=O)c1cc(Cl)cc(CNC2(CO)CCc3ccccc32)c1O. The fourth-order valence-electron chi connectivity index (χ4n) is 3.41. The Bertz CT molecular complexity index is 790. The van der Waals surface area contributed by atoms with Crippen molar-refractivity contribution in [2.45, 2.75) is 31.8 Å². The molecule has 0 saturated carbocycles. The molecule has 3 rings (SSSR count). The molecule has 0 aromatic heterocycles. The Hall–Kier alpha value is -1.88. The van der Waals surface area contributed by atoms with E-state index in [-0.39, 0.29) is 23.7 Å². The molecule has 2 aromatic carbocycles. The smallest absolute Gasteiger partial charge is 0.163 e. The number of phenolic OH excluding ortho intramolecular Hbond substituents is 1. The van der Waals surface area contributed by atoms with Gasteiger partial charge in [0.1, 0.15) is 5.75 Å². The zero-order chi connectivity index (χ0) is 17.3. The van der Waals surface area contributed by atoms with Crippen LogP contribution in [0.4, 0.5) is 0 Å². The van der Waals surface area contributed by atoms with Gasteiger partial charge in [0, 0.05) is 17.1 Å². The quantitative estimate of drug-likeness (QED) is 0.728. The molecule has 0 heterocycles. The molecule has 126 valence electrons. The van der Waals surface area contributed by atoms with Gasteiger partial charge in [-0.3, -0.25) is 4.79 Å². The number of nitrogens with one attached hydrogen (secondary N) is 1. The zero-order valence-electron chi connectivity index (χ0n) is 13.5. The Morgan fingerprint density at radius 1 is 1.33 bits per heavy atom. The van der Waals surface area contributed by atoms with Crippen LogP contribution in [0.15, 0.2) is 36.4 Å². The van der Waals surface area contributed by atoms with Crippen LogP contribution >= 0.6 is 11.6 Å². The summed E-state index contributed by atoms with van der Waals surface area (Å²) in [5.41, 5.74) is 2.52. The Kier molecular flexibility index (Phi) is 4.63. The van der Waals surface area contributed by atoms with E-state index in [1.165, 1.54) is 18.6 Å². The zero-order valence-corrected chi connectivity index (χ0v) is 14.2. The van der Waals surface area contributed by atoms with Crippen LogP contribution in [0.2, 0.25) is 5.02 Å². The number of fused-ring (bicyclic) bond motifs is 1. The van der Waals surface area contributed by atoms with Crippen molar-refractivity contribution in [2.24, 2.45) is 0 Å². The molecule has 2 aromatic rings. The maximum absolute atomic E-state index is 11.6. The van der Waals surface area contributed by atoms with Gasteiger partial charge in [0.2, 0.25) is 0 Å². The number of Topliss-reactive ketones (excluding diaryl/α,β-unsaturated/α-hetero) is 1. The van der Waals surface area contributed by atoms with E-state index < -0.39 is 5.54 Å². The van der Waals surface area contributed by atoms with E-state index in [1.807, 2.05) is 18.2 Å². The molecule has 3 N–H and O–H groups in total. The highest BCUT2D eigenvalue weighted by atomic mass is 35.5. The summed E-state index contributed by atoms with van der Waals surface area (Å²) in [6.07, 6.45) is 1.67. The third-order valence-electron chi connectivity index (χ3n) is 4.77. The van der Waals surface area contributed by atoms with E-state index in [1.54, 1.807) is 6.07 Å². The number of hydrogen-bond donors (Lipinski definition) is 3. The second-order valence-electron chi connectivity index (χ2n) is 6.27. The first kappa shape index (κ1) is 17.0. The predicted octanol–water partition coefficient (Wildman–Crippen LogP) is 3.17. The summed E-state index contributed by atoms with van der Waals surface area (Å²) >= 11 is 6.07. The number of phenols is 1. The number of aromatic hydroxyl groups is 1. The van der Waals surface area contributed by atoms with Crippen molar-refractivity contribution in [1.29, 1.82) is 0 Å². The van der Waals surface area contributed by atoms with Crippen molar-refractivity contribution < 1.29 is 15.0 Å². The van der Waals surface area contributed by atoms with Gasteiger partial charge in [-0.1, -0.05) is 35.9 Å². The van der Waals surface area contributed by atoms with Crippen LogP contribution in [0.3, 0.4) is 0 Å². The molecule has 4 nitrogen and oxygen atoms in total. The van der Waals surface area contributed by atoms with Gasteiger partial charge >= 0.3 is 0 Å². The molecule has 1 atom stereocenters. The number of ketones is 1. The van der Waals surface area contributed by atoms with Crippen LogP contribution in [0, 0.1) is 0 Å². The summed E-state index contributed by atoms with van der Waals surface area (Å²) in [5, 5.41) is 24.1. The minimum Gasteiger partial charge on any atom is -0.507 e. The van der Waals surface area contributed by atoms with Crippen LogP contribution in [0.1, 0.15) is 40.4 Å². The molecule has 1 aliphatic carbocycles. The number of halogens is 1. The van der Waals surface area contributed by atoms with E-state index in [0.29, 0.717) is 17.1 Å². The average Bonchev–Trinajstić information content (AvgIpc) is 2.94. The van der Waals surface area contributed by atoms with Crippen molar-refractivity contribution >= 4 is 17.4 Å². The van der Waals surface area contributed by atoms with Gasteiger partial charge in [0.15, 0.2) is 5.78 Å². The van der Waals surface area contributed by atoms with Crippen molar-refractivity contribution in [3.05, 3.63) is 63.7 Å². The normalized spacial score (nSPS) is 19.3. The van der Waals surface area contributed by atoms with Gasteiger partial charge in [0.05, 0.1) is 17.7 Å². The molecule has 0 radical (unpaired) electrons. The summed E-state index contributed by atoms with van der Waals surface area (Å²) in [6, 6.07) is 11.1. The van der Waals surface area contributed by atoms with Crippen LogP contribution in [-0.4, -0.2) is 22.6 Å². The van der Waals surface area contributed by atoms with E-state index >= 15 is 0 Å².